The van der Waals surface area contributed by atoms with Gasteiger partial charge in [-0.2, -0.15) is 0 Å². The lowest BCUT2D eigenvalue weighted by atomic mass is 10.1. The van der Waals surface area contributed by atoms with Crippen molar-refractivity contribution in [3.8, 4) is 0 Å². The van der Waals surface area contributed by atoms with Crippen molar-refractivity contribution in [1.29, 1.82) is 0 Å². The summed E-state index contributed by atoms with van der Waals surface area (Å²) in [4.78, 5) is 7.83. The first kappa shape index (κ1) is 10.1. The molecule has 1 aromatic rings. The smallest absolute Gasteiger partial charge is 0.115 e. The normalized spacial score (nSPS) is 12.8. The summed E-state index contributed by atoms with van der Waals surface area (Å²) in [5.74, 6) is 0. The van der Waals surface area contributed by atoms with E-state index in [1.807, 2.05) is 0 Å². The maximum atomic E-state index is 9.47. The summed E-state index contributed by atoms with van der Waals surface area (Å²) in [7, 11) is 0. The van der Waals surface area contributed by atoms with Crippen LogP contribution in [-0.2, 0) is 6.42 Å². The predicted molar refractivity (Wildman–Crippen MR) is 51.3 cm³/mol. The minimum atomic E-state index is -0.176. The molecule has 72 valence electrons. The second-order valence-corrected chi connectivity index (χ2v) is 3.23. The van der Waals surface area contributed by atoms with Crippen LogP contribution in [0.2, 0.25) is 0 Å². The summed E-state index contributed by atoms with van der Waals surface area (Å²) in [5.41, 5.74) is 1.10. The molecule has 0 saturated carbocycles. The number of nitrogens with zero attached hydrogens (tertiary/aromatic N) is 2. The van der Waals surface area contributed by atoms with Crippen LogP contribution in [0.5, 0.6) is 0 Å². The highest BCUT2D eigenvalue weighted by Crippen LogP contribution is 2.06. The standard InChI is InChI=1S/C10H16N2O/c1-2-3-10(13)5-4-9-6-11-8-12-7-9/h6-8,10,13H,2-5H2,1H3. The summed E-state index contributed by atoms with van der Waals surface area (Å²) in [6.45, 7) is 2.08. The Morgan fingerprint density at radius 1 is 1.31 bits per heavy atom. The lowest BCUT2D eigenvalue weighted by molar-refractivity contribution is 0.154. The number of aryl methyl sites for hydroxylation is 1. The van der Waals surface area contributed by atoms with E-state index >= 15 is 0 Å². The van der Waals surface area contributed by atoms with Gasteiger partial charge in [0.15, 0.2) is 0 Å². The number of aliphatic hydroxyl groups excluding tert-OH is 1. The molecule has 3 nitrogen and oxygen atoms in total. The van der Waals surface area contributed by atoms with Gasteiger partial charge < -0.3 is 5.11 Å². The molecular weight excluding hydrogens is 164 g/mol. The SMILES string of the molecule is CCCC(O)CCc1cncnc1. The molecule has 0 aliphatic rings. The van der Waals surface area contributed by atoms with Crippen LogP contribution in [0.15, 0.2) is 18.7 Å². The van der Waals surface area contributed by atoms with Crippen LogP contribution >= 0.6 is 0 Å². The molecular formula is C10H16N2O. The van der Waals surface area contributed by atoms with Gasteiger partial charge in [0.25, 0.3) is 0 Å². The molecule has 1 atom stereocenters. The Kier molecular flexibility index (Phi) is 4.40. The Morgan fingerprint density at radius 3 is 2.62 bits per heavy atom. The van der Waals surface area contributed by atoms with Gasteiger partial charge in [-0.3, -0.25) is 0 Å². The Morgan fingerprint density at radius 2 is 2.00 bits per heavy atom. The van der Waals surface area contributed by atoms with Crippen LogP contribution in [-0.4, -0.2) is 21.2 Å². The zero-order chi connectivity index (χ0) is 9.52. The average molecular weight is 180 g/mol. The molecule has 1 N–H and O–H groups in total. The van der Waals surface area contributed by atoms with Crippen molar-refractivity contribution >= 4 is 0 Å². The molecule has 0 amide bonds. The monoisotopic (exact) mass is 180 g/mol. The summed E-state index contributed by atoms with van der Waals surface area (Å²) < 4.78 is 0. The highest BCUT2D eigenvalue weighted by atomic mass is 16.3. The molecule has 0 aliphatic heterocycles. The molecule has 1 unspecified atom stereocenters. The third-order valence-corrected chi connectivity index (χ3v) is 2.00. The second-order valence-electron chi connectivity index (χ2n) is 3.23. The molecule has 1 aromatic heterocycles. The van der Waals surface area contributed by atoms with Gasteiger partial charge in [-0.25, -0.2) is 9.97 Å². The van der Waals surface area contributed by atoms with Gasteiger partial charge in [-0.1, -0.05) is 13.3 Å². The third-order valence-electron chi connectivity index (χ3n) is 2.00. The van der Waals surface area contributed by atoms with Crippen LogP contribution in [0.3, 0.4) is 0 Å². The average Bonchev–Trinajstić information content (AvgIpc) is 2.17. The van der Waals surface area contributed by atoms with E-state index in [9.17, 15) is 5.11 Å². The molecule has 1 rings (SSSR count). The maximum Gasteiger partial charge on any atom is 0.115 e. The Hall–Kier alpha value is -0.960. The van der Waals surface area contributed by atoms with Gasteiger partial charge in [0.2, 0.25) is 0 Å². The molecule has 0 saturated heterocycles. The minimum Gasteiger partial charge on any atom is -0.393 e. The molecule has 0 aromatic carbocycles. The van der Waals surface area contributed by atoms with Crippen LogP contribution in [0.4, 0.5) is 0 Å². The molecule has 0 spiro atoms. The lowest BCUT2D eigenvalue weighted by Gasteiger charge is -2.07. The first-order chi connectivity index (χ1) is 6.33. The zero-order valence-electron chi connectivity index (χ0n) is 7.98. The number of aromatic nitrogens is 2. The fourth-order valence-corrected chi connectivity index (χ4v) is 1.27. The van der Waals surface area contributed by atoms with Crippen LogP contribution < -0.4 is 0 Å². The fourth-order valence-electron chi connectivity index (χ4n) is 1.27. The third kappa shape index (κ3) is 3.99. The van der Waals surface area contributed by atoms with Crippen molar-refractivity contribution < 1.29 is 5.11 Å². The molecule has 1 heterocycles. The summed E-state index contributed by atoms with van der Waals surface area (Å²) in [6.07, 6.45) is 8.53. The van der Waals surface area contributed by atoms with E-state index in [4.69, 9.17) is 0 Å². The highest BCUT2D eigenvalue weighted by Gasteiger charge is 2.02. The van der Waals surface area contributed by atoms with E-state index in [0.717, 1.165) is 31.2 Å². The number of hydrogen-bond donors (Lipinski definition) is 1. The highest BCUT2D eigenvalue weighted by molar-refractivity contribution is 5.02. The number of aliphatic hydroxyl groups is 1. The van der Waals surface area contributed by atoms with E-state index in [-0.39, 0.29) is 6.10 Å². The molecule has 0 bridgehead atoms. The molecule has 0 aliphatic carbocycles. The summed E-state index contributed by atoms with van der Waals surface area (Å²) in [6, 6.07) is 0. The van der Waals surface area contributed by atoms with E-state index in [1.54, 1.807) is 12.4 Å². The predicted octanol–water partition coefficient (Wildman–Crippen LogP) is 1.57. The lowest BCUT2D eigenvalue weighted by Crippen LogP contribution is -2.07. The van der Waals surface area contributed by atoms with Gasteiger partial charge >= 0.3 is 0 Å². The van der Waals surface area contributed by atoms with Crippen LogP contribution in [0, 0.1) is 0 Å². The van der Waals surface area contributed by atoms with Gasteiger partial charge in [0.05, 0.1) is 6.10 Å². The van der Waals surface area contributed by atoms with Gasteiger partial charge in [0.1, 0.15) is 6.33 Å². The van der Waals surface area contributed by atoms with Gasteiger partial charge in [-0.05, 0) is 24.8 Å². The topological polar surface area (TPSA) is 46.0 Å². The first-order valence-electron chi connectivity index (χ1n) is 4.75. The van der Waals surface area contributed by atoms with Crippen molar-refractivity contribution in [2.24, 2.45) is 0 Å². The minimum absolute atomic E-state index is 0.176. The molecule has 3 heteroatoms. The van der Waals surface area contributed by atoms with Gasteiger partial charge in [0, 0.05) is 12.4 Å². The number of rotatable bonds is 5. The van der Waals surface area contributed by atoms with Crippen molar-refractivity contribution in [2.75, 3.05) is 0 Å². The second kappa shape index (κ2) is 5.65. The van der Waals surface area contributed by atoms with Crippen LogP contribution in [0.25, 0.3) is 0 Å². The maximum absolute atomic E-state index is 9.47. The first-order valence-corrected chi connectivity index (χ1v) is 4.75. The van der Waals surface area contributed by atoms with Crippen molar-refractivity contribution in [1.82, 2.24) is 9.97 Å². The number of hydrogen-bond acceptors (Lipinski definition) is 3. The fraction of sp³-hybridized carbons (Fsp3) is 0.600. The Balaban J connectivity index is 2.27. The molecule has 0 fully saturated rings. The Labute approximate surface area is 78.9 Å². The zero-order valence-corrected chi connectivity index (χ0v) is 7.98. The van der Waals surface area contributed by atoms with Crippen LogP contribution in [0.1, 0.15) is 31.7 Å². The molecule has 0 radical (unpaired) electrons. The van der Waals surface area contributed by atoms with E-state index in [0.29, 0.717) is 0 Å². The summed E-state index contributed by atoms with van der Waals surface area (Å²) in [5, 5.41) is 9.47. The molecule has 13 heavy (non-hydrogen) atoms. The van der Waals surface area contributed by atoms with Crippen molar-refractivity contribution in [2.45, 2.75) is 38.7 Å². The Bertz CT molecular complexity index is 226. The van der Waals surface area contributed by atoms with E-state index < -0.39 is 0 Å². The van der Waals surface area contributed by atoms with Gasteiger partial charge in [-0.15, -0.1) is 0 Å². The van der Waals surface area contributed by atoms with Crippen molar-refractivity contribution in [3.63, 3.8) is 0 Å². The summed E-state index contributed by atoms with van der Waals surface area (Å²) >= 11 is 0. The van der Waals surface area contributed by atoms with E-state index in [2.05, 4.69) is 16.9 Å². The quantitative estimate of drug-likeness (QED) is 0.748. The largest absolute Gasteiger partial charge is 0.393 e. The van der Waals surface area contributed by atoms with E-state index in [1.165, 1.54) is 6.33 Å². The van der Waals surface area contributed by atoms with Crippen molar-refractivity contribution in [3.05, 3.63) is 24.3 Å².